The number of hydrogen-bond donors (Lipinski definition) is 0. The molecule has 1 heteroatoms. The van der Waals surface area contributed by atoms with Crippen molar-refractivity contribution in [3.05, 3.63) is 0 Å². The van der Waals surface area contributed by atoms with Gasteiger partial charge in [-0.05, 0) is 46.6 Å². The molecular weight excluding hydrogens is 110 g/mol. The number of likely N-dealkylation sites (tertiary alicyclic amines) is 1. The Morgan fingerprint density at radius 2 is 1.67 bits per heavy atom. The molecule has 0 amide bonds. The minimum atomic E-state index is -2.10. The van der Waals surface area contributed by atoms with E-state index in [0.29, 0.717) is 0 Å². The van der Waals surface area contributed by atoms with Crippen LogP contribution in [0.4, 0.5) is 0 Å². The fourth-order valence-electron chi connectivity index (χ4n) is 0.648. The predicted molar refractivity (Wildman–Crippen MR) is 40.6 cm³/mol. The van der Waals surface area contributed by atoms with Gasteiger partial charge in [0.2, 0.25) is 0 Å². The van der Waals surface area contributed by atoms with E-state index in [1.165, 1.54) is 0 Å². The van der Waals surface area contributed by atoms with Gasteiger partial charge in [0.1, 0.15) is 0 Å². The molecule has 0 aliphatic carbocycles. The summed E-state index contributed by atoms with van der Waals surface area (Å²) in [5, 5.41) is 0. The van der Waals surface area contributed by atoms with E-state index < -0.39 is 31.3 Å². The smallest absolute Gasteiger partial charge is 0.0431 e. The van der Waals surface area contributed by atoms with Gasteiger partial charge in [-0.25, -0.2) is 0 Å². The molecule has 54 valence electrons. The lowest BCUT2D eigenvalue weighted by Crippen LogP contribution is -2.38. The first-order valence-corrected chi connectivity index (χ1v) is 3.08. The van der Waals surface area contributed by atoms with Gasteiger partial charge < -0.3 is 0 Å². The van der Waals surface area contributed by atoms with Gasteiger partial charge in [0.25, 0.3) is 0 Å². The van der Waals surface area contributed by atoms with Gasteiger partial charge in [0.05, 0.1) is 0 Å². The highest BCUT2D eigenvalue weighted by Crippen LogP contribution is 2.19. The lowest BCUT2D eigenvalue weighted by atomic mass is 10.1. The van der Waals surface area contributed by atoms with Crippen LogP contribution in [0.1, 0.15) is 41.8 Å². The van der Waals surface area contributed by atoms with E-state index in [1.54, 1.807) is 20.8 Å². The Bertz CT molecular complexity index is 238. The highest BCUT2D eigenvalue weighted by Gasteiger charge is 2.23. The molecule has 0 N–H and O–H groups in total. The summed E-state index contributed by atoms with van der Waals surface area (Å²) in [6.45, 7) is 0.858. The molecule has 0 aromatic heterocycles. The van der Waals surface area contributed by atoms with E-state index in [4.69, 9.17) is 8.22 Å². The molecule has 1 rings (SSSR count). The van der Waals surface area contributed by atoms with Crippen molar-refractivity contribution in [2.75, 3.05) is 13.0 Å². The third-order valence-electron chi connectivity index (χ3n) is 1.16. The lowest BCUT2D eigenvalue weighted by molar-refractivity contribution is 0.175. The summed E-state index contributed by atoms with van der Waals surface area (Å²) in [4.78, 5) is 1.00. The molecule has 0 bridgehead atoms. The third-order valence-corrected chi connectivity index (χ3v) is 1.16. The summed E-state index contributed by atoms with van der Waals surface area (Å²) in [5.41, 5.74) is -0.748. The maximum atomic E-state index is 7.74. The van der Waals surface area contributed by atoms with E-state index in [1.807, 2.05) is 0 Å². The summed E-state index contributed by atoms with van der Waals surface area (Å²) >= 11 is 0. The molecule has 0 spiro atoms. The van der Waals surface area contributed by atoms with Gasteiger partial charge in [0, 0.05) is 13.8 Å². The molecule has 0 aromatic rings. The van der Waals surface area contributed by atoms with Crippen LogP contribution in [0, 0.1) is 0 Å². The molecule has 1 aliphatic rings. The minimum Gasteiger partial charge on any atom is -0.298 e. The second kappa shape index (κ2) is 2.30. The first kappa shape index (κ1) is 2.54. The van der Waals surface area contributed by atoms with Crippen LogP contribution in [0.15, 0.2) is 0 Å². The van der Waals surface area contributed by atoms with Crippen molar-refractivity contribution in [3.8, 4) is 0 Å². The summed E-state index contributed by atoms with van der Waals surface area (Å²) in [5.74, 6) is 0. The van der Waals surface area contributed by atoms with Crippen LogP contribution in [0.2, 0.25) is 0 Å². The molecule has 0 saturated carbocycles. The van der Waals surface area contributed by atoms with Crippen molar-refractivity contribution < 1.29 is 8.22 Å². The normalized spacial score (nSPS) is 60.3. The van der Waals surface area contributed by atoms with E-state index in [-0.39, 0.29) is 0 Å². The van der Waals surface area contributed by atoms with Crippen molar-refractivity contribution in [1.29, 1.82) is 0 Å². The van der Waals surface area contributed by atoms with Crippen LogP contribution in [-0.2, 0) is 0 Å². The Hall–Kier alpha value is -0.0400. The standard InChI is InChI=1S/C8H17N/c1-8(2,3)9-6-4-5-7-9/h4-7H2,1-3H3/i4D,5D,6D2,7D2. The maximum Gasteiger partial charge on any atom is 0.0431 e. The van der Waals surface area contributed by atoms with Crippen LogP contribution in [0.3, 0.4) is 0 Å². The lowest BCUT2D eigenvalue weighted by Gasteiger charge is -2.31. The summed E-state index contributed by atoms with van der Waals surface area (Å²) in [7, 11) is 0. The summed E-state index contributed by atoms with van der Waals surface area (Å²) in [6, 6.07) is 0. The van der Waals surface area contributed by atoms with Gasteiger partial charge in [-0.2, -0.15) is 0 Å². The second-order valence-electron chi connectivity index (χ2n) is 3.10. The van der Waals surface area contributed by atoms with Crippen molar-refractivity contribution >= 4 is 0 Å². The van der Waals surface area contributed by atoms with Gasteiger partial charge in [-0.15, -0.1) is 0 Å². The Labute approximate surface area is 66.5 Å². The van der Waals surface area contributed by atoms with E-state index in [2.05, 4.69) is 0 Å². The molecular formula is C8H17N. The molecule has 1 fully saturated rings. The Morgan fingerprint density at radius 1 is 1.22 bits per heavy atom. The van der Waals surface area contributed by atoms with Gasteiger partial charge in [-0.1, -0.05) is 0 Å². The zero-order valence-corrected chi connectivity index (χ0v) is 6.10. The minimum absolute atomic E-state index is 0.748. The van der Waals surface area contributed by atoms with Crippen LogP contribution < -0.4 is 0 Å². The fourth-order valence-corrected chi connectivity index (χ4v) is 0.648. The van der Waals surface area contributed by atoms with Crippen molar-refractivity contribution in [3.63, 3.8) is 0 Å². The first-order valence-electron chi connectivity index (χ1n) is 6.24. The van der Waals surface area contributed by atoms with Crippen LogP contribution >= 0.6 is 0 Å². The molecule has 2 atom stereocenters. The van der Waals surface area contributed by atoms with Gasteiger partial charge >= 0.3 is 0 Å². The molecule has 0 radical (unpaired) electrons. The van der Waals surface area contributed by atoms with Gasteiger partial charge in [0.15, 0.2) is 0 Å². The highest BCUT2D eigenvalue weighted by molar-refractivity contribution is 4.79. The Morgan fingerprint density at radius 3 is 1.89 bits per heavy atom. The third kappa shape index (κ3) is 1.68. The predicted octanol–water partition coefficient (Wildman–Crippen LogP) is 1.88. The molecule has 0 aromatic carbocycles. The molecule has 9 heavy (non-hydrogen) atoms. The molecule has 1 heterocycles. The average molecular weight is 133 g/mol. The van der Waals surface area contributed by atoms with Crippen LogP contribution in [0.25, 0.3) is 0 Å². The second-order valence-corrected chi connectivity index (χ2v) is 3.10. The molecule has 2 unspecified atom stereocenters. The van der Waals surface area contributed by atoms with Crippen LogP contribution in [0.5, 0.6) is 0 Å². The molecule has 1 aliphatic heterocycles. The Kier molecular flexibility index (Phi) is 0.647. The quantitative estimate of drug-likeness (QED) is 0.487. The van der Waals surface area contributed by atoms with E-state index in [9.17, 15) is 0 Å². The largest absolute Gasteiger partial charge is 0.298 e. The SMILES string of the molecule is [2H]C1C([2H])C([2H])([2H])N(C(C)(C)C)C1([2H])[2H]. The Balaban J connectivity index is 3.24. The first-order chi connectivity index (χ1) is 6.43. The highest BCUT2D eigenvalue weighted by atomic mass is 15.2. The van der Waals surface area contributed by atoms with Crippen molar-refractivity contribution in [2.45, 2.75) is 39.1 Å². The van der Waals surface area contributed by atoms with Gasteiger partial charge in [-0.3, -0.25) is 4.90 Å². The average Bonchev–Trinajstić information content (AvgIpc) is 2.06. The topological polar surface area (TPSA) is 3.24 Å². The van der Waals surface area contributed by atoms with E-state index in [0.717, 1.165) is 4.90 Å². The molecule has 1 saturated heterocycles. The zero-order chi connectivity index (χ0) is 12.2. The van der Waals surface area contributed by atoms with Crippen molar-refractivity contribution in [2.24, 2.45) is 0 Å². The zero-order valence-electron chi connectivity index (χ0n) is 12.1. The van der Waals surface area contributed by atoms with E-state index >= 15 is 0 Å². The number of hydrogen-bond acceptors (Lipinski definition) is 1. The summed E-state index contributed by atoms with van der Waals surface area (Å²) < 4.78 is 46.1. The number of nitrogens with zero attached hydrogens (tertiary/aromatic N) is 1. The monoisotopic (exact) mass is 133 g/mol. The van der Waals surface area contributed by atoms with Crippen molar-refractivity contribution in [1.82, 2.24) is 4.90 Å². The maximum absolute atomic E-state index is 7.74. The molecule has 1 nitrogen and oxygen atoms in total. The fraction of sp³-hybridized carbons (Fsp3) is 1.00. The number of rotatable bonds is 0. The van der Waals surface area contributed by atoms with Crippen LogP contribution in [-0.4, -0.2) is 23.4 Å². The summed E-state index contributed by atoms with van der Waals surface area (Å²) in [6.07, 6.45) is -2.77.